The minimum absolute atomic E-state index is 0.102. The molecular weight excluding hydrogens is 491 g/mol. The highest BCUT2D eigenvalue weighted by Gasteiger charge is 2.34. The van der Waals surface area contributed by atoms with Crippen LogP contribution >= 0.6 is 0 Å². The number of aryl methyl sites for hydroxylation is 1. The largest absolute Gasteiger partial charge is 0.494 e. The van der Waals surface area contributed by atoms with Gasteiger partial charge in [0.25, 0.3) is 16.1 Å². The third-order valence-corrected chi connectivity index (χ3v) is 7.02. The van der Waals surface area contributed by atoms with E-state index in [1.807, 2.05) is 0 Å². The normalized spacial score (nSPS) is 22.0. The van der Waals surface area contributed by atoms with Crippen molar-refractivity contribution in [1.29, 1.82) is 0 Å². The Balaban J connectivity index is 1.35. The highest BCUT2D eigenvalue weighted by atomic mass is 32.2. The first-order chi connectivity index (χ1) is 17.1. The molecule has 1 saturated carbocycles. The quantitative estimate of drug-likeness (QED) is 0.478. The van der Waals surface area contributed by atoms with E-state index in [2.05, 4.69) is 25.2 Å². The van der Waals surface area contributed by atoms with Gasteiger partial charge >= 0.3 is 0 Å². The van der Waals surface area contributed by atoms with Crippen molar-refractivity contribution in [2.75, 3.05) is 7.11 Å². The number of amides is 1. The summed E-state index contributed by atoms with van der Waals surface area (Å²) in [6.45, 7) is 1.86. The number of rotatable bonds is 8. The summed E-state index contributed by atoms with van der Waals surface area (Å²) in [6.07, 6.45) is 3.30. The Bertz CT molecular complexity index is 1260. The predicted octanol–water partition coefficient (Wildman–Crippen LogP) is 1.71. The summed E-state index contributed by atoms with van der Waals surface area (Å²) in [5, 5.41) is 12.1. The topological polar surface area (TPSA) is 158 Å². The van der Waals surface area contributed by atoms with Crippen molar-refractivity contribution < 1.29 is 27.2 Å². The van der Waals surface area contributed by atoms with Gasteiger partial charge in [0, 0.05) is 19.0 Å². The number of nitrogens with two attached hydrogens (primary N) is 1. The summed E-state index contributed by atoms with van der Waals surface area (Å²) in [7, 11) is -2.34. The van der Waals surface area contributed by atoms with E-state index in [1.165, 1.54) is 19.2 Å². The van der Waals surface area contributed by atoms with Gasteiger partial charge in [0.05, 0.1) is 12.8 Å². The summed E-state index contributed by atoms with van der Waals surface area (Å²) in [5.41, 5.74) is 2.01. The molecule has 0 radical (unpaired) electrons. The van der Waals surface area contributed by atoms with E-state index in [9.17, 15) is 17.6 Å². The zero-order valence-corrected chi connectivity index (χ0v) is 20.8. The maximum absolute atomic E-state index is 13.6. The van der Waals surface area contributed by atoms with Crippen LogP contribution in [0, 0.1) is 18.7 Å². The Morgan fingerprint density at radius 3 is 2.67 bits per heavy atom. The number of aromatic nitrogens is 2. The monoisotopic (exact) mass is 520 g/mol. The molecule has 1 aliphatic carbocycles. The number of halogens is 1. The van der Waals surface area contributed by atoms with Gasteiger partial charge in [-0.05, 0) is 62.3 Å². The molecule has 1 aromatic heterocycles. The lowest BCUT2D eigenvalue weighted by atomic mass is 9.81. The summed E-state index contributed by atoms with van der Waals surface area (Å²) in [5.74, 6) is -0.133. The summed E-state index contributed by atoms with van der Waals surface area (Å²) in [6, 6.07) is 5.78. The van der Waals surface area contributed by atoms with E-state index in [0.29, 0.717) is 42.1 Å². The van der Waals surface area contributed by atoms with Crippen LogP contribution in [0.5, 0.6) is 5.75 Å². The molecule has 194 valence electrons. The van der Waals surface area contributed by atoms with Crippen molar-refractivity contribution in [1.82, 2.24) is 20.0 Å². The van der Waals surface area contributed by atoms with Crippen LogP contribution in [-0.4, -0.2) is 49.3 Å². The molecule has 0 saturated heterocycles. The number of hydrogen-bond donors (Lipinski definition) is 3. The molecule has 0 spiro atoms. The first-order valence-electron chi connectivity index (χ1n) is 11.6. The number of ether oxygens (including phenoxy) is 1. The minimum atomic E-state index is -3.72. The average molecular weight is 521 g/mol. The van der Waals surface area contributed by atoms with Crippen molar-refractivity contribution in [3.05, 3.63) is 52.9 Å². The first kappa shape index (κ1) is 25.9. The predicted molar refractivity (Wildman–Crippen MR) is 129 cm³/mol. The number of carbonyl (C=O) groups is 1. The zero-order valence-electron chi connectivity index (χ0n) is 20.0. The van der Waals surface area contributed by atoms with E-state index in [0.717, 1.165) is 12.8 Å². The van der Waals surface area contributed by atoms with Gasteiger partial charge in [0.15, 0.2) is 11.6 Å². The van der Waals surface area contributed by atoms with Crippen LogP contribution in [0.3, 0.4) is 0 Å². The lowest BCUT2D eigenvalue weighted by Gasteiger charge is -2.30. The van der Waals surface area contributed by atoms with Crippen LogP contribution in [0.2, 0.25) is 0 Å². The lowest BCUT2D eigenvalue weighted by Crippen LogP contribution is -2.42. The molecule has 1 amide bonds. The minimum Gasteiger partial charge on any atom is -0.494 e. The smallest absolute Gasteiger partial charge is 0.274 e. The average Bonchev–Trinajstić information content (AvgIpc) is 3.33. The summed E-state index contributed by atoms with van der Waals surface area (Å²) < 4.78 is 43.6. The number of methoxy groups -OCH3 is 1. The molecule has 2 aliphatic rings. The molecule has 1 unspecified atom stereocenters. The Morgan fingerprint density at radius 1 is 1.22 bits per heavy atom. The van der Waals surface area contributed by atoms with E-state index in [1.54, 1.807) is 19.1 Å². The number of nitrogens with one attached hydrogen (secondary N) is 2. The van der Waals surface area contributed by atoms with Gasteiger partial charge in [-0.3, -0.25) is 4.79 Å². The lowest BCUT2D eigenvalue weighted by molar-refractivity contribution is 0.0243. The SMILES string of the molecule is COc1cc(CNC(=O)c2cc(C3=NOC(C4CCC(NS(N)(=O)=O)CC4)C3)nc(C)n2)ccc1F. The van der Waals surface area contributed by atoms with Crippen molar-refractivity contribution in [3.63, 3.8) is 0 Å². The molecule has 2 aromatic rings. The van der Waals surface area contributed by atoms with Crippen LogP contribution in [-0.2, 0) is 21.6 Å². The van der Waals surface area contributed by atoms with Crippen molar-refractivity contribution >= 4 is 21.8 Å². The summed E-state index contributed by atoms with van der Waals surface area (Å²) in [4.78, 5) is 27.1. The zero-order chi connectivity index (χ0) is 25.9. The van der Waals surface area contributed by atoms with Gasteiger partial charge in [-0.15, -0.1) is 0 Å². The molecule has 1 fully saturated rings. The van der Waals surface area contributed by atoms with Gasteiger partial charge in [-0.1, -0.05) is 11.2 Å². The van der Waals surface area contributed by atoms with Gasteiger partial charge in [-0.25, -0.2) is 19.5 Å². The maximum Gasteiger partial charge on any atom is 0.274 e. The van der Waals surface area contributed by atoms with Gasteiger partial charge < -0.3 is 14.9 Å². The molecule has 1 atom stereocenters. The third kappa shape index (κ3) is 6.53. The highest BCUT2D eigenvalue weighted by Crippen LogP contribution is 2.33. The van der Waals surface area contributed by atoms with Crippen molar-refractivity contribution in [2.45, 2.75) is 57.7 Å². The van der Waals surface area contributed by atoms with E-state index in [4.69, 9.17) is 14.7 Å². The van der Waals surface area contributed by atoms with Gasteiger partial charge in [-0.2, -0.15) is 13.1 Å². The second-order valence-electron chi connectivity index (χ2n) is 9.00. The molecular formula is C23H29FN6O5S. The maximum atomic E-state index is 13.6. The van der Waals surface area contributed by atoms with Crippen molar-refractivity contribution in [3.8, 4) is 5.75 Å². The van der Waals surface area contributed by atoms with Crippen LogP contribution < -0.4 is 19.9 Å². The molecule has 4 rings (SSSR count). The number of carbonyl (C=O) groups excluding carboxylic acids is 1. The molecule has 1 aromatic carbocycles. The Kier molecular flexibility index (Phi) is 7.81. The highest BCUT2D eigenvalue weighted by molar-refractivity contribution is 7.87. The standard InChI is InChI=1S/C23H29FN6O5S/c1-13-27-18(10-20(28-13)23(31)26-12-14-3-8-17(24)22(9-14)34-2)19-11-21(35-29-19)15-4-6-16(7-5-15)30-36(25,32)33/h3,8-10,15-16,21,30H,4-7,11-12H2,1-2H3,(H,26,31)(H2,25,32,33). The first-order valence-corrected chi connectivity index (χ1v) is 13.2. The second-order valence-corrected chi connectivity index (χ2v) is 10.3. The molecule has 2 heterocycles. The number of benzene rings is 1. The Morgan fingerprint density at radius 2 is 1.97 bits per heavy atom. The molecule has 0 bridgehead atoms. The Hall–Kier alpha value is -3.16. The van der Waals surface area contributed by atoms with Crippen LogP contribution in [0.4, 0.5) is 4.39 Å². The van der Waals surface area contributed by atoms with Gasteiger partial charge in [0.2, 0.25) is 0 Å². The second kappa shape index (κ2) is 10.8. The van der Waals surface area contributed by atoms with E-state index >= 15 is 0 Å². The van der Waals surface area contributed by atoms with Crippen LogP contribution in [0.15, 0.2) is 29.4 Å². The fraction of sp³-hybridized carbons (Fsp3) is 0.478. The molecule has 36 heavy (non-hydrogen) atoms. The molecule has 1 aliphatic heterocycles. The molecule has 11 nitrogen and oxygen atoms in total. The summed E-state index contributed by atoms with van der Waals surface area (Å²) >= 11 is 0. The third-order valence-electron chi connectivity index (χ3n) is 6.36. The van der Waals surface area contributed by atoms with Crippen molar-refractivity contribution in [2.24, 2.45) is 16.2 Å². The fourth-order valence-electron chi connectivity index (χ4n) is 4.56. The van der Waals surface area contributed by atoms with E-state index in [-0.39, 0.29) is 36.1 Å². The number of nitrogens with zero attached hydrogens (tertiary/aromatic N) is 3. The van der Waals surface area contributed by atoms with Crippen LogP contribution in [0.25, 0.3) is 0 Å². The molecule has 13 heteroatoms. The molecule has 4 N–H and O–H groups in total. The number of hydrogen-bond acceptors (Lipinski definition) is 8. The van der Waals surface area contributed by atoms with Gasteiger partial charge in [0.1, 0.15) is 23.3 Å². The fourth-order valence-corrected chi connectivity index (χ4v) is 5.26. The Labute approximate surface area is 208 Å². The number of oxime groups is 1. The van der Waals surface area contributed by atoms with E-state index < -0.39 is 21.9 Å². The van der Waals surface area contributed by atoms with Crippen LogP contribution in [0.1, 0.15) is 59.7 Å².